The highest BCUT2D eigenvalue weighted by Crippen LogP contribution is 2.33. The molecule has 0 saturated heterocycles. The van der Waals surface area contributed by atoms with Crippen molar-refractivity contribution in [2.24, 2.45) is 7.05 Å². The summed E-state index contributed by atoms with van der Waals surface area (Å²) in [6.45, 7) is 5.04. The lowest BCUT2D eigenvalue weighted by atomic mass is 10.1. The van der Waals surface area contributed by atoms with Gasteiger partial charge in [-0.25, -0.2) is 13.1 Å². The lowest BCUT2D eigenvalue weighted by Crippen LogP contribution is -2.44. The molecule has 2 heterocycles. The Morgan fingerprint density at radius 2 is 2.28 bits per heavy atom. The Morgan fingerprint density at radius 1 is 1.55 bits per heavy atom. The number of aryl methyl sites for hydroxylation is 2. The third kappa shape index (κ3) is 3.88. The van der Waals surface area contributed by atoms with Gasteiger partial charge in [0.25, 0.3) is 5.91 Å². The molecule has 1 amide bonds. The van der Waals surface area contributed by atoms with Gasteiger partial charge in [-0.3, -0.25) is 4.79 Å². The van der Waals surface area contributed by atoms with Crippen molar-refractivity contribution in [2.75, 3.05) is 11.9 Å². The summed E-state index contributed by atoms with van der Waals surface area (Å²) in [4.78, 5) is 12.7. The van der Waals surface area contributed by atoms with Gasteiger partial charge in [-0.15, -0.1) is 6.58 Å². The highest BCUT2D eigenvalue weighted by atomic mass is 32.2. The summed E-state index contributed by atoms with van der Waals surface area (Å²) in [5, 5.41) is 21.7. The van der Waals surface area contributed by atoms with Gasteiger partial charge in [0.2, 0.25) is 10.0 Å². The zero-order valence-electron chi connectivity index (χ0n) is 15.8. The summed E-state index contributed by atoms with van der Waals surface area (Å²) < 4.78 is 34.7. The largest absolute Gasteiger partial charge is 0.488 e. The molecule has 3 N–H and O–H groups in total. The Bertz CT molecular complexity index is 1130. The first-order chi connectivity index (χ1) is 13.7. The lowest BCUT2D eigenvalue weighted by Gasteiger charge is -2.18. The van der Waals surface area contributed by atoms with Crippen LogP contribution in [0.4, 0.5) is 5.69 Å². The van der Waals surface area contributed by atoms with Crippen LogP contribution < -0.4 is 14.8 Å². The van der Waals surface area contributed by atoms with Gasteiger partial charge in [0.15, 0.2) is 11.4 Å². The molecule has 1 aliphatic rings. The SMILES string of the molecule is C=C[C@H](O)[C@H]1COc2c(cn(C)c2C(=O)Nc2ccc(C)c(C#N)c2)S(=O)(=O)N1. The second-order valence-corrected chi connectivity index (χ2v) is 8.33. The van der Waals surface area contributed by atoms with Crippen LogP contribution >= 0.6 is 0 Å². The quantitative estimate of drug-likeness (QED) is 0.638. The molecule has 10 heteroatoms. The normalized spacial score (nSPS) is 18.5. The number of anilines is 1. The second-order valence-electron chi connectivity index (χ2n) is 6.64. The van der Waals surface area contributed by atoms with E-state index in [9.17, 15) is 18.3 Å². The number of nitrogens with zero attached hydrogens (tertiary/aromatic N) is 2. The molecule has 0 radical (unpaired) electrons. The number of carbonyl (C=O) groups excluding carboxylic acids is 1. The number of aliphatic hydroxyl groups excluding tert-OH is 1. The summed E-state index contributed by atoms with van der Waals surface area (Å²) >= 11 is 0. The number of aliphatic hydroxyl groups is 1. The number of benzene rings is 1. The van der Waals surface area contributed by atoms with Gasteiger partial charge >= 0.3 is 0 Å². The molecular weight excluding hydrogens is 396 g/mol. The molecule has 1 aromatic carbocycles. The third-order valence-electron chi connectivity index (χ3n) is 4.59. The molecule has 152 valence electrons. The first kappa shape index (κ1) is 20.6. The van der Waals surface area contributed by atoms with Crippen molar-refractivity contribution in [1.29, 1.82) is 5.26 Å². The molecule has 0 spiro atoms. The molecule has 3 rings (SSSR count). The van der Waals surface area contributed by atoms with Crippen LogP contribution in [-0.4, -0.2) is 42.8 Å². The summed E-state index contributed by atoms with van der Waals surface area (Å²) in [6, 6.07) is 5.98. The van der Waals surface area contributed by atoms with Crippen molar-refractivity contribution in [3.63, 3.8) is 0 Å². The molecule has 0 unspecified atom stereocenters. The number of nitrogens with one attached hydrogen (secondary N) is 2. The third-order valence-corrected chi connectivity index (χ3v) is 6.07. The van der Waals surface area contributed by atoms with Crippen molar-refractivity contribution in [2.45, 2.75) is 24.0 Å². The predicted molar refractivity (Wildman–Crippen MR) is 105 cm³/mol. The molecule has 9 nitrogen and oxygen atoms in total. The van der Waals surface area contributed by atoms with E-state index in [1.165, 1.54) is 30.0 Å². The second kappa shape index (κ2) is 7.71. The van der Waals surface area contributed by atoms with Crippen LogP contribution in [0.5, 0.6) is 5.75 Å². The number of amides is 1. The number of fused-ring (bicyclic) bond motifs is 1. The van der Waals surface area contributed by atoms with Gasteiger partial charge in [-0.1, -0.05) is 12.1 Å². The highest BCUT2D eigenvalue weighted by Gasteiger charge is 2.36. The average Bonchev–Trinajstić information content (AvgIpc) is 2.96. The number of sulfonamides is 1. The number of hydrogen-bond acceptors (Lipinski definition) is 6. The Kier molecular flexibility index (Phi) is 5.48. The van der Waals surface area contributed by atoms with E-state index in [4.69, 9.17) is 10.00 Å². The van der Waals surface area contributed by atoms with Crippen LogP contribution in [0.15, 0.2) is 41.9 Å². The fourth-order valence-electron chi connectivity index (χ4n) is 2.98. The first-order valence-electron chi connectivity index (χ1n) is 8.65. The number of nitriles is 1. The number of rotatable bonds is 4. The van der Waals surface area contributed by atoms with Gasteiger partial charge < -0.3 is 19.7 Å². The van der Waals surface area contributed by atoms with Gasteiger partial charge in [-0.2, -0.15) is 5.26 Å². The Balaban J connectivity index is 1.97. The molecule has 0 bridgehead atoms. The lowest BCUT2D eigenvalue weighted by molar-refractivity contribution is 0.101. The number of hydrogen-bond donors (Lipinski definition) is 3. The van der Waals surface area contributed by atoms with E-state index >= 15 is 0 Å². The van der Waals surface area contributed by atoms with E-state index in [2.05, 4.69) is 16.6 Å². The van der Waals surface area contributed by atoms with Crippen molar-refractivity contribution in [3.05, 3.63) is 53.9 Å². The molecule has 29 heavy (non-hydrogen) atoms. The fraction of sp³-hybridized carbons (Fsp3) is 0.263. The van der Waals surface area contributed by atoms with E-state index in [1.807, 2.05) is 6.07 Å². The fourth-order valence-corrected chi connectivity index (χ4v) is 4.41. The topological polar surface area (TPSA) is 133 Å². The molecule has 1 aliphatic heterocycles. The van der Waals surface area contributed by atoms with E-state index in [-0.39, 0.29) is 22.9 Å². The minimum atomic E-state index is -4.03. The molecule has 1 aromatic heterocycles. The molecule has 0 saturated carbocycles. The standard InChI is InChI=1S/C19H20N4O5S/c1-4-15(24)14-10-28-18-16(29(26,27)22-14)9-23(3)17(18)19(25)21-13-6-5-11(2)12(7-13)8-20/h4-7,9,14-15,22,24H,1,10H2,2-3H3,(H,21,25)/t14-,15+/m1/s1. The minimum Gasteiger partial charge on any atom is -0.488 e. The van der Waals surface area contributed by atoms with Crippen LogP contribution in [0.2, 0.25) is 0 Å². The number of carbonyl (C=O) groups is 1. The van der Waals surface area contributed by atoms with Crippen LogP contribution in [0.3, 0.4) is 0 Å². The van der Waals surface area contributed by atoms with Crippen molar-refractivity contribution < 1.29 is 23.1 Å². The van der Waals surface area contributed by atoms with Gasteiger partial charge in [-0.05, 0) is 24.6 Å². The Morgan fingerprint density at radius 3 is 2.93 bits per heavy atom. The molecule has 0 fully saturated rings. The van der Waals surface area contributed by atoms with Crippen molar-refractivity contribution in [1.82, 2.24) is 9.29 Å². The minimum absolute atomic E-state index is 0.00167. The van der Waals surface area contributed by atoms with Gasteiger partial charge in [0, 0.05) is 18.9 Å². The van der Waals surface area contributed by atoms with Crippen molar-refractivity contribution >= 4 is 21.6 Å². The zero-order chi connectivity index (χ0) is 21.3. The van der Waals surface area contributed by atoms with E-state index in [0.29, 0.717) is 11.3 Å². The number of ether oxygens (including phenoxy) is 1. The maximum Gasteiger partial charge on any atom is 0.276 e. The summed E-state index contributed by atoms with van der Waals surface area (Å²) in [6.07, 6.45) is 1.31. The summed E-state index contributed by atoms with van der Waals surface area (Å²) in [7, 11) is -2.51. The smallest absolute Gasteiger partial charge is 0.276 e. The summed E-state index contributed by atoms with van der Waals surface area (Å²) in [5.41, 5.74) is 1.57. The average molecular weight is 416 g/mol. The van der Waals surface area contributed by atoms with Crippen molar-refractivity contribution in [3.8, 4) is 11.8 Å². The highest BCUT2D eigenvalue weighted by molar-refractivity contribution is 7.89. The van der Waals surface area contributed by atoms with Gasteiger partial charge in [0.05, 0.1) is 23.8 Å². The van der Waals surface area contributed by atoms with E-state index in [1.54, 1.807) is 19.1 Å². The Hall–Kier alpha value is -3.13. The van der Waals surface area contributed by atoms with Crippen LogP contribution in [-0.2, 0) is 17.1 Å². The monoisotopic (exact) mass is 416 g/mol. The molecule has 0 aliphatic carbocycles. The molecular formula is C19H20N4O5S. The van der Waals surface area contributed by atoms with E-state index < -0.39 is 28.1 Å². The Labute approximate surface area is 168 Å². The van der Waals surface area contributed by atoms with Gasteiger partial charge in [0.1, 0.15) is 11.5 Å². The predicted octanol–water partition coefficient (Wildman–Crippen LogP) is 1.04. The molecule has 2 atom stereocenters. The van der Waals surface area contributed by atoms with E-state index in [0.717, 1.165) is 5.56 Å². The zero-order valence-corrected chi connectivity index (χ0v) is 16.7. The maximum absolute atomic E-state index is 12.9. The van der Waals surface area contributed by atoms with Crippen LogP contribution in [0.25, 0.3) is 0 Å². The maximum atomic E-state index is 12.9. The van der Waals surface area contributed by atoms with Crippen LogP contribution in [0.1, 0.15) is 21.6 Å². The first-order valence-corrected chi connectivity index (χ1v) is 10.1. The molecule has 2 aromatic rings. The summed E-state index contributed by atoms with van der Waals surface area (Å²) in [5.74, 6) is -0.705. The van der Waals surface area contributed by atoms with Crippen LogP contribution in [0, 0.1) is 18.3 Å². The number of aromatic nitrogens is 1.